The monoisotopic (exact) mass is 307 g/mol. The van der Waals surface area contributed by atoms with Gasteiger partial charge in [0.2, 0.25) is 0 Å². The summed E-state index contributed by atoms with van der Waals surface area (Å²) in [5, 5.41) is 0.982. The van der Waals surface area contributed by atoms with Crippen molar-refractivity contribution in [3.63, 3.8) is 0 Å². The lowest BCUT2D eigenvalue weighted by Gasteiger charge is -2.17. The Morgan fingerprint density at radius 2 is 1.85 bits per heavy atom. The van der Waals surface area contributed by atoms with E-state index in [1.165, 1.54) is 30.4 Å². The molecule has 0 N–H and O–H groups in total. The minimum atomic E-state index is 0.396. The number of aryl methyl sites for hydroxylation is 2. The highest BCUT2D eigenvalue weighted by Crippen LogP contribution is 2.26. The third kappa shape index (κ3) is 3.08. The molecule has 2 nitrogen and oxygen atoms in total. The fourth-order valence-corrected chi connectivity index (χ4v) is 2.92. The second kappa shape index (κ2) is 6.02. The van der Waals surface area contributed by atoms with E-state index in [1.54, 1.807) is 12.3 Å². The summed E-state index contributed by atoms with van der Waals surface area (Å²) in [6, 6.07) is 7.98. The molecule has 0 aliphatic heterocycles. The SMILES string of the molecule is Clc1cc(Cl)c(COc2ccc3c(c2)CCCC3)cn1. The predicted molar refractivity (Wildman–Crippen MR) is 81.7 cm³/mol. The minimum absolute atomic E-state index is 0.396. The molecule has 1 aliphatic rings. The van der Waals surface area contributed by atoms with Gasteiger partial charge in [0.05, 0.1) is 5.02 Å². The number of hydrogen-bond acceptors (Lipinski definition) is 2. The molecule has 104 valence electrons. The van der Waals surface area contributed by atoms with Crippen LogP contribution in [0.15, 0.2) is 30.5 Å². The highest BCUT2D eigenvalue weighted by atomic mass is 35.5. The Hall–Kier alpha value is -1.25. The highest BCUT2D eigenvalue weighted by molar-refractivity contribution is 6.34. The van der Waals surface area contributed by atoms with Gasteiger partial charge in [0, 0.05) is 11.8 Å². The lowest BCUT2D eigenvalue weighted by atomic mass is 9.92. The summed E-state index contributed by atoms with van der Waals surface area (Å²) in [5.74, 6) is 0.886. The summed E-state index contributed by atoms with van der Waals surface area (Å²) in [6.07, 6.45) is 6.55. The molecule has 1 aromatic carbocycles. The molecule has 0 saturated carbocycles. The number of nitrogens with zero attached hydrogens (tertiary/aromatic N) is 1. The largest absolute Gasteiger partial charge is 0.489 e. The van der Waals surface area contributed by atoms with Gasteiger partial charge in [0.15, 0.2) is 0 Å². The van der Waals surface area contributed by atoms with E-state index < -0.39 is 0 Å². The first-order valence-corrected chi connectivity index (χ1v) is 7.52. The number of ether oxygens (including phenoxy) is 1. The van der Waals surface area contributed by atoms with Gasteiger partial charge in [-0.1, -0.05) is 29.3 Å². The molecule has 0 saturated heterocycles. The second-order valence-corrected chi connectivity index (χ2v) is 5.82. The van der Waals surface area contributed by atoms with Crippen molar-refractivity contribution in [2.45, 2.75) is 32.3 Å². The molecule has 1 aliphatic carbocycles. The first-order chi connectivity index (χ1) is 9.72. The maximum Gasteiger partial charge on any atom is 0.130 e. The molecule has 20 heavy (non-hydrogen) atoms. The Morgan fingerprint density at radius 3 is 2.65 bits per heavy atom. The van der Waals surface area contributed by atoms with E-state index in [1.807, 2.05) is 6.07 Å². The van der Waals surface area contributed by atoms with Gasteiger partial charge in [-0.2, -0.15) is 0 Å². The van der Waals surface area contributed by atoms with E-state index in [9.17, 15) is 0 Å². The first kappa shape index (κ1) is 13.7. The first-order valence-electron chi connectivity index (χ1n) is 6.77. The minimum Gasteiger partial charge on any atom is -0.489 e. The third-order valence-electron chi connectivity index (χ3n) is 3.61. The van der Waals surface area contributed by atoms with Gasteiger partial charge in [0.25, 0.3) is 0 Å². The Labute approximate surface area is 128 Å². The van der Waals surface area contributed by atoms with Crippen molar-refractivity contribution in [1.29, 1.82) is 0 Å². The van der Waals surface area contributed by atoms with Crippen LogP contribution in [0.3, 0.4) is 0 Å². The zero-order valence-corrected chi connectivity index (χ0v) is 12.5. The van der Waals surface area contributed by atoms with E-state index in [0.29, 0.717) is 16.8 Å². The predicted octanol–water partition coefficient (Wildman–Crippen LogP) is 4.85. The molecule has 1 aromatic heterocycles. The van der Waals surface area contributed by atoms with Crippen molar-refractivity contribution < 1.29 is 4.74 Å². The molecule has 0 unspecified atom stereocenters. The van der Waals surface area contributed by atoms with Crippen molar-refractivity contribution >= 4 is 23.2 Å². The van der Waals surface area contributed by atoms with E-state index in [-0.39, 0.29) is 0 Å². The van der Waals surface area contributed by atoms with Crippen molar-refractivity contribution in [3.8, 4) is 5.75 Å². The van der Waals surface area contributed by atoms with Crippen molar-refractivity contribution in [3.05, 3.63) is 57.3 Å². The molecular formula is C16H15Cl2NO. The summed E-state index contributed by atoms with van der Waals surface area (Å²) in [6.45, 7) is 0.405. The summed E-state index contributed by atoms with van der Waals surface area (Å²) in [4.78, 5) is 4.02. The summed E-state index contributed by atoms with van der Waals surface area (Å²) >= 11 is 11.9. The van der Waals surface area contributed by atoms with Crippen LogP contribution in [-0.2, 0) is 19.4 Å². The Bertz CT molecular complexity index is 628. The molecule has 4 heteroatoms. The average molecular weight is 308 g/mol. The van der Waals surface area contributed by atoms with Crippen LogP contribution < -0.4 is 4.74 Å². The molecule has 0 spiro atoms. The number of hydrogen-bond donors (Lipinski definition) is 0. The smallest absolute Gasteiger partial charge is 0.130 e. The van der Waals surface area contributed by atoms with E-state index in [0.717, 1.165) is 17.7 Å². The number of rotatable bonds is 3. The van der Waals surface area contributed by atoms with Crippen molar-refractivity contribution in [2.24, 2.45) is 0 Å². The van der Waals surface area contributed by atoms with Crippen LogP contribution in [0.4, 0.5) is 0 Å². The van der Waals surface area contributed by atoms with E-state index in [2.05, 4.69) is 17.1 Å². The second-order valence-electron chi connectivity index (χ2n) is 5.02. The van der Waals surface area contributed by atoms with Crippen LogP contribution in [0.25, 0.3) is 0 Å². The third-order valence-corrected chi connectivity index (χ3v) is 4.17. The number of halogens is 2. The molecule has 3 rings (SSSR count). The van der Waals surface area contributed by atoms with Gasteiger partial charge in [0.1, 0.15) is 17.5 Å². The van der Waals surface area contributed by atoms with Crippen LogP contribution in [0.1, 0.15) is 29.5 Å². The maximum absolute atomic E-state index is 6.11. The molecular weight excluding hydrogens is 293 g/mol. The molecule has 0 amide bonds. The highest BCUT2D eigenvalue weighted by Gasteiger charge is 2.10. The molecule has 1 heterocycles. The molecule has 2 aromatic rings. The van der Waals surface area contributed by atoms with Gasteiger partial charge >= 0.3 is 0 Å². The Kier molecular flexibility index (Phi) is 4.13. The van der Waals surface area contributed by atoms with E-state index >= 15 is 0 Å². The van der Waals surface area contributed by atoms with Crippen LogP contribution in [-0.4, -0.2) is 4.98 Å². The fourth-order valence-electron chi connectivity index (χ4n) is 2.50. The summed E-state index contributed by atoms with van der Waals surface area (Å²) in [5.41, 5.74) is 3.71. The zero-order chi connectivity index (χ0) is 13.9. The van der Waals surface area contributed by atoms with Gasteiger partial charge in [-0.25, -0.2) is 4.98 Å². The quantitative estimate of drug-likeness (QED) is 0.756. The number of pyridine rings is 1. The van der Waals surface area contributed by atoms with Gasteiger partial charge in [-0.3, -0.25) is 0 Å². The van der Waals surface area contributed by atoms with Crippen molar-refractivity contribution in [2.75, 3.05) is 0 Å². The Balaban J connectivity index is 1.72. The maximum atomic E-state index is 6.11. The standard InChI is InChI=1S/C16H15Cl2NO/c17-15-8-16(18)19-9-13(15)10-20-14-6-5-11-3-1-2-4-12(11)7-14/h5-9H,1-4,10H2. The van der Waals surface area contributed by atoms with Gasteiger partial charge in [-0.15, -0.1) is 0 Å². The van der Waals surface area contributed by atoms with Gasteiger partial charge < -0.3 is 4.74 Å². The zero-order valence-electron chi connectivity index (χ0n) is 11.0. The van der Waals surface area contributed by atoms with Crippen LogP contribution in [0, 0.1) is 0 Å². The average Bonchev–Trinajstić information content (AvgIpc) is 2.46. The van der Waals surface area contributed by atoms with E-state index in [4.69, 9.17) is 27.9 Å². The normalized spacial score (nSPS) is 13.9. The molecule has 0 radical (unpaired) electrons. The number of aromatic nitrogens is 1. The number of benzene rings is 1. The van der Waals surface area contributed by atoms with Crippen molar-refractivity contribution in [1.82, 2.24) is 4.98 Å². The number of fused-ring (bicyclic) bond motifs is 1. The molecule has 0 fully saturated rings. The lowest BCUT2D eigenvalue weighted by Crippen LogP contribution is -2.03. The molecule has 0 bridgehead atoms. The van der Waals surface area contributed by atoms with Crippen LogP contribution in [0.5, 0.6) is 5.75 Å². The van der Waals surface area contributed by atoms with Crippen LogP contribution >= 0.6 is 23.2 Å². The fraction of sp³-hybridized carbons (Fsp3) is 0.312. The molecule has 0 atom stereocenters. The van der Waals surface area contributed by atoms with Gasteiger partial charge in [-0.05, 0) is 55.0 Å². The summed E-state index contributed by atoms with van der Waals surface area (Å²) < 4.78 is 5.81. The Morgan fingerprint density at radius 1 is 1.05 bits per heavy atom. The van der Waals surface area contributed by atoms with Crippen LogP contribution in [0.2, 0.25) is 10.2 Å². The lowest BCUT2D eigenvalue weighted by molar-refractivity contribution is 0.305. The topological polar surface area (TPSA) is 22.1 Å². The summed E-state index contributed by atoms with van der Waals surface area (Å²) in [7, 11) is 0.